The second-order valence-corrected chi connectivity index (χ2v) is 10.4. The van der Waals surface area contributed by atoms with Gasteiger partial charge in [-0.1, -0.05) is 6.92 Å². The van der Waals surface area contributed by atoms with Crippen LogP contribution in [0.2, 0.25) is 0 Å². The third-order valence-corrected chi connectivity index (χ3v) is 6.83. The van der Waals surface area contributed by atoms with Gasteiger partial charge in [0, 0.05) is 13.1 Å². The fourth-order valence-electron chi connectivity index (χ4n) is 3.50. The van der Waals surface area contributed by atoms with E-state index in [0.717, 1.165) is 6.42 Å². The first kappa shape index (κ1) is 21.0. The number of likely N-dealkylation sites (tertiary alicyclic amines) is 1. The van der Waals surface area contributed by atoms with Gasteiger partial charge in [-0.15, -0.1) is 0 Å². The molecule has 0 radical (unpaired) electrons. The quantitative estimate of drug-likeness (QED) is 0.782. The molecule has 0 aromatic rings. The SMILES string of the molecule is C[C@@H]1CCN(C(=O)OC(C)(C)C)[C@@H](C)[C@H]1NC(=O)CN1CCCS1(=O)=O. The summed E-state index contributed by atoms with van der Waals surface area (Å²) in [6, 6.07) is -0.471. The molecule has 150 valence electrons. The molecule has 2 rings (SSSR count). The Bertz CT molecular complexity index is 643. The zero-order valence-corrected chi connectivity index (χ0v) is 17.1. The molecule has 9 heteroatoms. The molecule has 2 saturated heterocycles. The summed E-state index contributed by atoms with van der Waals surface area (Å²) in [5, 5.41) is 2.94. The molecule has 1 N–H and O–H groups in total. The van der Waals surface area contributed by atoms with Crippen molar-refractivity contribution < 1.29 is 22.7 Å². The first-order valence-electron chi connectivity index (χ1n) is 9.17. The Kier molecular flexibility index (Phi) is 6.22. The lowest BCUT2D eigenvalue weighted by Crippen LogP contribution is -2.60. The molecule has 8 nitrogen and oxygen atoms in total. The summed E-state index contributed by atoms with van der Waals surface area (Å²) < 4.78 is 30.4. The molecule has 0 aliphatic carbocycles. The second-order valence-electron chi connectivity index (χ2n) is 8.28. The van der Waals surface area contributed by atoms with Crippen LogP contribution in [0.25, 0.3) is 0 Å². The third kappa shape index (κ3) is 5.09. The molecule has 2 amide bonds. The summed E-state index contributed by atoms with van der Waals surface area (Å²) in [6.45, 7) is 10.2. The average Bonchev–Trinajstić information content (AvgIpc) is 2.80. The number of rotatable bonds is 3. The molecule has 2 aliphatic heterocycles. The maximum atomic E-state index is 12.4. The van der Waals surface area contributed by atoms with Gasteiger partial charge in [-0.3, -0.25) is 4.79 Å². The molecule has 2 fully saturated rings. The zero-order chi connectivity index (χ0) is 19.7. The predicted octanol–water partition coefficient (Wildman–Crippen LogP) is 1.17. The lowest BCUT2D eigenvalue weighted by atomic mass is 9.87. The Labute approximate surface area is 156 Å². The zero-order valence-electron chi connectivity index (χ0n) is 16.3. The van der Waals surface area contributed by atoms with E-state index in [2.05, 4.69) is 5.32 Å². The van der Waals surface area contributed by atoms with Crippen LogP contribution in [0.4, 0.5) is 4.79 Å². The minimum Gasteiger partial charge on any atom is -0.444 e. The minimum atomic E-state index is -3.31. The monoisotopic (exact) mass is 389 g/mol. The highest BCUT2D eigenvalue weighted by atomic mass is 32.2. The van der Waals surface area contributed by atoms with Gasteiger partial charge in [0.15, 0.2) is 0 Å². The van der Waals surface area contributed by atoms with Gasteiger partial charge in [-0.05, 0) is 46.5 Å². The first-order chi connectivity index (χ1) is 11.9. The highest BCUT2D eigenvalue weighted by Gasteiger charge is 2.39. The van der Waals surface area contributed by atoms with Gasteiger partial charge in [0.2, 0.25) is 15.9 Å². The van der Waals surface area contributed by atoms with Crippen molar-refractivity contribution in [1.82, 2.24) is 14.5 Å². The maximum Gasteiger partial charge on any atom is 0.410 e. The van der Waals surface area contributed by atoms with E-state index in [-0.39, 0.29) is 36.2 Å². The van der Waals surface area contributed by atoms with Crippen LogP contribution in [0.5, 0.6) is 0 Å². The van der Waals surface area contributed by atoms with Crippen molar-refractivity contribution >= 4 is 22.0 Å². The number of hydrogen-bond acceptors (Lipinski definition) is 5. The predicted molar refractivity (Wildman–Crippen MR) is 98.1 cm³/mol. The van der Waals surface area contributed by atoms with Crippen LogP contribution >= 0.6 is 0 Å². The lowest BCUT2D eigenvalue weighted by Gasteiger charge is -2.43. The molecule has 0 saturated carbocycles. The smallest absolute Gasteiger partial charge is 0.410 e. The van der Waals surface area contributed by atoms with Crippen molar-refractivity contribution in [2.45, 2.75) is 65.1 Å². The Morgan fingerprint density at radius 3 is 2.38 bits per heavy atom. The van der Waals surface area contributed by atoms with Crippen molar-refractivity contribution in [3.8, 4) is 0 Å². The largest absolute Gasteiger partial charge is 0.444 e. The van der Waals surface area contributed by atoms with Gasteiger partial charge in [-0.25, -0.2) is 13.2 Å². The van der Waals surface area contributed by atoms with Crippen LogP contribution < -0.4 is 5.32 Å². The van der Waals surface area contributed by atoms with Gasteiger partial charge >= 0.3 is 6.09 Å². The van der Waals surface area contributed by atoms with E-state index in [0.29, 0.717) is 19.5 Å². The fraction of sp³-hybridized carbons (Fsp3) is 0.882. The molecular formula is C17H31N3O5S. The highest BCUT2D eigenvalue weighted by Crippen LogP contribution is 2.25. The van der Waals surface area contributed by atoms with E-state index in [1.807, 2.05) is 34.6 Å². The average molecular weight is 390 g/mol. The Balaban J connectivity index is 2.00. The number of nitrogens with zero attached hydrogens (tertiary/aromatic N) is 2. The van der Waals surface area contributed by atoms with Crippen LogP contribution in [0.1, 0.15) is 47.5 Å². The molecule has 26 heavy (non-hydrogen) atoms. The lowest BCUT2D eigenvalue weighted by molar-refractivity contribution is -0.123. The fourth-order valence-corrected chi connectivity index (χ4v) is 4.97. The van der Waals surface area contributed by atoms with Crippen molar-refractivity contribution in [3.63, 3.8) is 0 Å². The summed E-state index contributed by atoms with van der Waals surface area (Å²) in [7, 11) is -3.31. The van der Waals surface area contributed by atoms with E-state index in [1.165, 1.54) is 4.31 Å². The van der Waals surface area contributed by atoms with Crippen LogP contribution in [0, 0.1) is 5.92 Å². The second kappa shape index (κ2) is 7.72. The molecule has 2 aliphatic rings. The third-order valence-electron chi connectivity index (χ3n) is 4.93. The van der Waals surface area contributed by atoms with E-state index >= 15 is 0 Å². The number of piperidine rings is 1. The molecule has 2 heterocycles. The molecule has 0 spiro atoms. The van der Waals surface area contributed by atoms with Gasteiger partial charge in [0.25, 0.3) is 0 Å². The van der Waals surface area contributed by atoms with Gasteiger partial charge in [0.05, 0.1) is 24.4 Å². The van der Waals surface area contributed by atoms with Crippen molar-refractivity contribution in [1.29, 1.82) is 0 Å². The first-order valence-corrected chi connectivity index (χ1v) is 10.8. The number of carbonyl (C=O) groups is 2. The Morgan fingerprint density at radius 1 is 1.19 bits per heavy atom. The Morgan fingerprint density at radius 2 is 1.85 bits per heavy atom. The molecule has 0 bridgehead atoms. The maximum absolute atomic E-state index is 12.4. The summed E-state index contributed by atoms with van der Waals surface area (Å²) >= 11 is 0. The van der Waals surface area contributed by atoms with E-state index < -0.39 is 21.7 Å². The number of sulfonamides is 1. The van der Waals surface area contributed by atoms with Crippen LogP contribution in [-0.2, 0) is 19.6 Å². The van der Waals surface area contributed by atoms with Crippen LogP contribution in [0.15, 0.2) is 0 Å². The van der Waals surface area contributed by atoms with E-state index in [9.17, 15) is 18.0 Å². The molecule has 3 atom stereocenters. The topological polar surface area (TPSA) is 96.0 Å². The summed E-state index contributed by atoms with van der Waals surface area (Å²) in [4.78, 5) is 26.5. The van der Waals surface area contributed by atoms with E-state index in [4.69, 9.17) is 4.74 Å². The number of ether oxygens (including phenoxy) is 1. The van der Waals surface area contributed by atoms with Gasteiger partial charge < -0.3 is 15.0 Å². The Hall–Kier alpha value is -1.35. The number of amides is 2. The molecule has 0 aromatic carbocycles. The highest BCUT2D eigenvalue weighted by molar-refractivity contribution is 7.89. The summed E-state index contributed by atoms with van der Waals surface area (Å²) in [5.41, 5.74) is -0.581. The minimum absolute atomic E-state index is 0.100. The van der Waals surface area contributed by atoms with Crippen molar-refractivity contribution in [3.05, 3.63) is 0 Å². The van der Waals surface area contributed by atoms with Crippen LogP contribution in [0.3, 0.4) is 0 Å². The van der Waals surface area contributed by atoms with Crippen LogP contribution in [-0.4, -0.2) is 72.7 Å². The van der Waals surface area contributed by atoms with Gasteiger partial charge in [-0.2, -0.15) is 4.31 Å². The molecular weight excluding hydrogens is 358 g/mol. The molecule has 0 aromatic heterocycles. The van der Waals surface area contributed by atoms with Crippen molar-refractivity contribution in [2.24, 2.45) is 5.92 Å². The number of carbonyl (C=O) groups excluding carboxylic acids is 2. The standard InChI is InChI=1S/C17H31N3O5S/c1-12-7-9-20(16(22)25-17(3,4)5)13(2)15(12)18-14(21)11-19-8-6-10-26(19,23)24/h12-13,15H,6-11H2,1-5H3,(H,18,21)/t12-,13+,15+/m1/s1. The number of hydrogen-bond donors (Lipinski definition) is 1. The van der Waals surface area contributed by atoms with Crippen molar-refractivity contribution in [2.75, 3.05) is 25.4 Å². The normalized spacial score (nSPS) is 29.4. The summed E-state index contributed by atoms with van der Waals surface area (Å²) in [6.07, 6.45) is 0.910. The van der Waals surface area contributed by atoms with E-state index in [1.54, 1.807) is 4.90 Å². The van der Waals surface area contributed by atoms with Gasteiger partial charge in [0.1, 0.15) is 5.60 Å². The number of nitrogens with one attached hydrogen (secondary N) is 1. The summed E-state index contributed by atoms with van der Waals surface area (Å²) in [5.74, 6) is -0.0452. The molecule has 0 unspecified atom stereocenters.